The molecule has 0 N–H and O–H groups in total. The lowest BCUT2D eigenvalue weighted by Gasteiger charge is -2.35. The van der Waals surface area contributed by atoms with Crippen LogP contribution in [0.1, 0.15) is 6.92 Å². The summed E-state index contributed by atoms with van der Waals surface area (Å²) in [5.41, 5.74) is 0.757. The first kappa shape index (κ1) is 13.1. The number of hydrogen-bond donors (Lipinski definition) is 0. The minimum atomic E-state index is -0.368. The molecular weight excluding hydrogens is 254 g/mol. The predicted octanol–water partition coefficient (Wildman–Crippen LogP) is 2.39. The Balaban J connectivity index is 2.21. The Labute approximate surface area is 111 Å². The van der Waals surface area contributed by atoms with Gasteiger partial charge in [-0.2, -0.15) is 0 Å². The average Bonchev–Trinajstić information content (AvgIpc) is 2.39. The van der Waals surface area contributed by atoms with E-state index in [0.717, 1.165) is 32.7 Å². The third-order valence-corrected chi connectivity index (χ3v) is 3.53. The summed E-state index contributed by atoms with van der Waals surface area (Å²) in [4.78, 5) is 15.1. The first-order chi connectivity index (χ1) is 8.61. The fraction of sp³-hybridized carbons (Fsp3) is 0.500. The van der Waals surface area contributed by atoms with Crippen molar-refractivity contribution in [3.8, 4) is 0 Å². The summed E-state index contributed by atoms with van der Waals surface area (Å²) in [6.07, 6.45) is 0. The van der Waals surface area contributed by atoms with Crippen LogP contribution in [0.3, 0.4) is 0 Å². The Bertz CT molecular complexity index is 445. The van der Waals surface area contributed by atoms with Crippen molar-refractivity contribution in [1.29, 1.82) is 0 Å². The predicted molar refractivity (Wildman–Crippen MR) is 72.4 cm³/mol. The van der Waals surface area contributed by atoms with Gasteiger partial charge in [-0.3, -0.25) is 10.1 Å². The molecule has 0 aromatic heterocycles. The van der Waals surface area contributed by atoms with Crippen molar-refractivity contribution in [2.75, 3.05) is 37.6 Å². The van der Waals surface area contributed by atoms with Crippen molar-refractivity contribution in [2.45, 2.75) is 6.92 Å². The Morgan fingerprint density at radius 3 is 2.56 bits per heavy atom. The summed E-state index contributed by atoms with van der Waals surface area (Å²) in [7, 11) is 0. The van der Waals surface area contributed by atoms with Crippen LogP contribution in [0.5, 0.6) is 0 Å². The highest BCUT2D eigenvalue weighted by molar-refractivity contribution is 6.30. The lowest BCUT2D eigenvalue weighted by atomic mass is 10.2. The van der Waals surface area contributed by atoms with Crippen LogP contribution in [-0.4, -0.2) is 42.5 Å². The van der Waals surface area contributed by atoms with E-state index >= 15 is 0 Å². The molecule has 1 heterocycles. The number of benzene rings is 1. The molecule has 1 aromatic rings. The summed E-state index contributed by atoms with van der Waals surface area (Å²) in [6, 6.07) is 4.86. The molecule has 0 aliphatic carbocycles. The largest absolute Gasteiger partial charge is 0.363 e. The van der Waals surface area contributed by atoms with Crippen molar-refractivity contribution in [3.63, 3.8) is 0 Å². The number of nitro groups is 1. The van der Waals surface area contributed by atoms with E-state index in [0.29, 0.717) is 10.7 Å². The van der Waals surface area contributed by atoms with Gasteiger partial charge in [-0.15, -0.1) is 0 Å². The number of hydrogen-bond acceptors (Lipinski definition) is 4. The quantitative estimate of drug-likeness (QED) is 0.624. The van der Waals surface area contributed by atoms with Gasteiger partial charge in [0.15, 0.2) is 0 Å². The second-order valence-electron chi connectivity index (χ2n) is 4.31. The Morgan fingerprint density at radius 2 is 2.00 bits per heavy atom. The zero-order chi connectivity index (χ0) is 13.1. The third-order valence-electron chi connectivity index (χ3n) is 3.29. The molecule has 6 heteroatoms. The van der Waals surface area contributed by atoms with Gasteiger partial charge >= 0.3 is 0 Å². The smallest absolute Gasteiger partial charge is 0.294 e. The highest BCUT2D eigenvalue weighted by Gasteiger charge is 2.23. The maximum Gasteiger partial charge on any atom is 0.294 e. The van der Waals surface area contributed by atoms with E-state index in [1.165, 1.54) is 6.07 Å². The van der Waals surface area contributed by atoms with E-state index in [9.17, 15) is 10.1 Å². The number of nitro benzene ring substituents is 1. The first-order valence-corrected chi connectivity index (χ1v) is 6.41. The van der Waals surface area contributed by atoms with E-state index in [-0.39, 0.29) is 10.6 Å². The van der Waals surface area contributed by atoms with Crippen molar-refractivity contribution in [3.05, 3.63) is 33.3 Å². The van der Waals surface area contributed by atoms with Crippen molar-refractivity contribution < 1.29 is 4.92 Å². The molecule has 0 spiro atoms. The summed E-state index contributed by atoms with van der Waals surface area (Å²) in [5, 5.41) is 11.4. The van der Waals surface area contributed by atoms with Gasteiger partial charge in [0.1, 0.15) is 5.69 Å². The summed E-state index contributed by atoms with van der Waals surface area (Å²) in [5.74, 6) is 0. The lowest BCUT2D eigenvalue weighted by Crippen LogP contribution is -2.46. The molecule has 1 aromatic carbocycles. The molecular formula is C12H16ClN3O2. The van der Waals surface area contributed by atoms with E-state index in [4.69, 9.17) is 11.6 Å². The molecule has 98 valence electrons. The highest BCUT2D eigenvalue weighted by Crippen LogP contribution is 2.31. The van der Waals surface area contributed by atoms with Crippen LogP contribution in [0.25, 0.3) is 0 Å². The van der Waals surface area contributed by atoms with Gasteiger partial charge in [-0.05, 0) is 18.7 Å². The molecule has 0 unspecified atom stereocenters. The Hall–Kier alpha value is -1.33. The minimum absolute atomic E-state index is 0.0902. The van der Waals surface area contributed by atoms with Crippen LogP contribution < -0.4 is 4.90 Å². The monoisotopic (exact) mass is 269 g/mol. The van der Waals surface area contributed by atoms with Gasteiger partial charge in [-0.1, -0.05) is 18.5 Å². The van der Waals surface area contributed by atoms with Gasteiger partial charge < -0.3 is 9.80 Å². The highest BCUT2D eigenvalue weighted by atomic mass is 35.5. The number of piperazine rings is 1. The molecule has 1 fully saturated rings. The topological polar surface area (TPSA) is 49.6 Å². The second kappa shape index (κ2) is 5.54. The van der Waals surface area contributed by atoms with Crippen LogP contribution in [0.15, 0.2) is 18.2 Å². The van der Waals surface area contributed by atoms with Gasteiger partial charge in [-0.25, -0.2) is 0 Å². The SMILES string of the molecule is CCN1CCN(c2ccc(Cl)cc2[N+](=O)[O-])CC1. The molecule has 1 aliphatic rings. The second-order valence-corrected chi connectivity index (χ2v) is 4.75. The van der Waals surface area contributed by atoms with Gasteiger partial charge in [0.05, 0.1) is 4.92 Å². The van der Waals surface area contributed by atoms with E-state index in [2.05, 4.69) is 16.7 Å². The summed E-state index contributed by atoms with van der Waals surface area (Å²) >= 11 is 5.81. The van der Waals surface area contributed by atoms with E-state index in [1.807, 2.05) is 0 Å². The molecule has 1 saturated heterocycles. The fourth-order valence-electron chi connectivity index (χ4n) is 2.22. The Kier molecular flexibility index (Phi) is 4.04. The maximum atomic E-state index is 11.0. The molecule has 0 amide bonds. The van der Waals surface area contributed by atoms with E-state index < -0.39 is 0 Å². The van der Waals surface area contributed by atoms with Crippen LogP contribution in [0, 0.1) is 10.1 Å². The number of nitrogens with zero attached hydrogens (tertiary/aromatic N) is 3. The lowest BCUT2D eigenvalue weighted by molar-refractivity contribution is -0.384. The van der Waals surface area contributed by atoms with Crippen LogP contribution >= 0.6 is 11.6 Å². The molecule has 0 radical (unpaired) electrons. The number of anilines is 1. The zero-order valence-corrected chi connectivity index (χ0v) is 11.1. The number of halogens is 1. The van der Waals surface area contributed by atoms with Crippen LogP contribution in [0.4, 0.5) is 11.4 Å². The molecule has 0 atom stereocenters. The molecule has 0 bridgehead atoms. The molecule has 5 nitrogen and oxygen atoms in total. The molecule has 18 heavy (non-hydrogen) atoms. The maximum absolute atomic E-state index is 11.0. The Morgan fingerprint density at radius 1 is 1.33 bits per heavy atom. The van der Waals surface area contributed by atoms with Crippen LogP contribution in [-0.2, 0) is 0 Å². The molecule has 0 saturated carbocycles. The van der Waals surface area contributed by atoms with Crippen molar-refractivity contribution in [2.24, 2.45) is 0 Å². The zero-order valence-electron chi connectivity index (χ0n) is 10.3. The van der Waals surface area contributed by atoms with Gasteiger partial charge in [0, 0.05) is 37.3 Å². The summed E-state index contributed by atoms with van der Waals surface area (Å²) < 4.78 is 0. The van der Waals surface area contributed by atoms with Crippen molar-refractivity contribution in [1.82, 2.24) is 4.90 Å². The first-order valence-electron chi connectivity index (χ1n) is 6.03. The third kappa shape index (κ3) is 2.73. The van der Waals surface area contributed by atoms with Crippen LogP contribution in [0.2, 0.25) is 5.02 Å². The van der Waals surface area contributed by atoms with E-state index in [1.54, 1.807) is 12.1 Å². The standard InChI is InChI=1S/C12H16ClN3O2/c1-2-14-5-7-15(8-6-14)11-4-3-10(13)9-12(11)16(17)18/h3-4,9H,2,5-8H2,1H3. The number of rotatable bonds is 3. The minimum Gasteiger partial charge on any atom is -0.363 e. The molecule has 2 rings (SSSR count). The van der Waals surface area contributed by atoms with Gasteiger partial charge in [0.2, 0.25) is 0 Å². The molecule has 1 aliphatic heterocycles. The number of likely N-dealkylation sites (N-methyl/N-ethyl adjacent to an activating group) is 1. The normalized spacial score (nSPS) is 16.9. The van der Waals surface area contributed by atoms with Crippen molar-refractivity contribution >= 4 is 23.0 Å². The summed E-state index contributed by atoms with van der Waals surface area (Å²) in [6.45, 7) is 6.66. The average molecular weight is 270 g/mol. The fourth-order valence-corrected chi connectivity index (χ4v) is 2.38. The van der Waals surface area contributed by atoms with Gasteiger partial charge in [0.25, 0.3) is 5.69 Å².